The smallest absolute Gasteiger partial charge is 0.416 e. The van der Waals surface area contributed by atoms with Crippen LogP contribution >= 0.6 is 0 Å². The molecule has 1 aromatic heterocycles. The van der Waals surface area contributed by atoms with Gasteiger partial charge < -0.3 is 5.11 Å². The van der Waals surface area contributed by atoms with Crippen LogP contribution in [0.5, 0.6) is 5.75 Å². The third-order valence-corrected chi connectivity index (χ3v) is 2.27. The van der Waals surface area contributed by atoms with E-state index in [-0.39, 0.29) is 11.4 Å². The number of hydrogen-bond donors (Lipinski definition) is 1. The number of rotatable bonds is 1. The molecule has 1 N–H and O–H groups in total. The van der Waals surface area contributed by atoms with Crippen molar-refractivity contribution < 1.29 is 18.3 Å². The Hall–Kier alpha value is -2.04. The quantitative estimate of drug-likeness (QED) is 0.826. The van der Waals surface area contributed by atoms with Crippen molar-refractivity contribution in [3.63, 3.8) is 0 Å². The topological polar surface area (TPSA) is 33.1 Å². The van der Waals surface area contributed by atoms with E-state index in [2.05, 4.69) is 4.98 Å². The highest BCUT2D eigenvalue weighted by molar-refractivity contribution is 5.65. The molecule has 0 aliphatic heterocycles. The molecular weight excluding hydrogens is 231 g/mol. The second-order valence-electron chi connectivity index (χ2n) is 3.45. The van der Waals surface area contributed by atoms with Crippen molar-refractivity contribution in [2.75, 3.05) is 0 Å². The SMILES string of the molecule is Oc1cccnc1-c1ccc(C(F)(F)F)cc1. The van der Waals surface area contributed by atoms with Crippen molar-refractivity contribution in [3.8, 4) is 17.0 Å². The van der Waals surface area contributed by atoms with Gasteiger partial charge in [-0.25, -0.2) is 0 Å². The van der Waals surface area contributed by atoms with Gasteiger partial charge in [0, 0.05) is 11.8 Å². The fourth-order valence-corrected chi connectivity index (χ4v) is 1.44. The first kappa shape index (κ1) is 11.4. The lowest BCUT2D eigenvalue weighted by Gasteiger charge is -2.07. The first-order valence-corrected chi connectivity index (χ1v) is 4.80. The van der Waals surface area contributed by atoms with E-state index in [4.69, 9.17) is 0 Å². The van der Waals surface area contributed by atoms with E-state index in [0.717, 1.165) is 12.1 Å². The molecule has 88 valence electrons. The van der Waals surface area contributed by atoms with Crippen molar-refractivity contribution in [2.45, 2.75) is 6.18 Å². The maximum absolute atomic E-state index is 12.3. The standard InChI is InChI=1S/C12H8F3NO/c13-12(14,15)9-5-3-8(4-6-9)11-10(17)2-1-7-16-11/h1-7,17H. The van der Waals surface area contributed by atoms with Gasteiger partial charge in [0.2, 0.25) is 0 Å². The Morgan fingerprint density at radius 3 is 2.18 bits per heavy atom. The molecule has 0 saturated carbocycles. The van der Waals surface area contributed by atoms with Crippen LogP contribution in [0.4, 0.5) is 13.2 Å². The molecule has 2 aromatic rings. The van der Waals surface area contributed by atoms with Gasteiger partial charge in [0.1, 0.15) is 11.4 Å². The summed E-state index contributed by atoms with van der Waals surface area (Å²) in [5.41, 5.74) is -0.0194. The summed E-state index contributed by atoms with van der Waals surface area (Å²) in [5, 5.41) is 9.51. The predicted octanol–water partition coefficient (Wildman–Crippen LogP) is 3.47. The minimum atomic E-state index is -4.36. The van der Waals surface area contributed by atoms with Gasteiger partial charge in [0.05, 0.1) is 5.56 Å². The van der Waals surface area contributed by atoms with E-state index >= 15 is 0 Å². The highest BCUT2D eigenvalue weighted by Gasteiger charge is 2.30. The maximum Gasteiger partial charge on any atom is 0.416 e. The van der Waals surface area contributed by atoms with Crippen molar-refractivity contribution in [2.24, 2.45) is 0 Å². The normalized spacial score (nSPS) is 11.5. The van der Waals surface area contributed by atoms with Crippen molar-refractivity contribution in [3.05, 3.63) is 48.2 Å². The summed E-state index contributed by atoms with van der Waals surface area (Å²) in [7, 11) is 0. The molecule has 0 atom stereocenters. The van der Waals surface area contributed by atoms with Crippen molar-refractivity contribution >= 4 is 0 Å². The van der Waals surface area contributed by atoms with Crippen LogP contribution < -0.4 is 0 Å². The first-order valence-electron chi connectivity index (χ1n) is 4.80. The molecule has 0 unspecified atom stereocenters. The summed E-state index contributed by atoms with van der Waals surface area (Å²) in [5.74, 6) is -0.0627. The summed E-state index contributed by atoms with van der Waals surface area (Å²) >= 11 is 0. The number of halogens is 3. The summed E-state index contributed by atoms with van der Waals surface area (Å²) in [6.45, 7) is 0. The number of aromatic hydroxyl groups is 1. The Labute approximate surface area is 95.4 Å². The van der Waals surface area contributed by atoms with Crippen LogP contribution in [-0.4, -0.2) is 10.1 Å². The minimum Gasteiger partial charge on any atom is -0.506 e. The van der Waals surface area contributed by atoms with E-state index in [1.54, 1.807) is 6.07 Å². The number of benzene rings is 1. The van der Waals surface area contributed by atoms with Gasteiger partial charge in [-0.3, -0.25) is 4.98 Å². The lowest BCUT2D eigenvalue weighted by molar-refractivity contribution is -0.137. The molecule has 0 aliphatic carbocycles. The van der Waals surface area contributed by atoms with Crippen LogP contribution in [0.15, 0.2) is 42.6 Å². The van der Waals surface area contributed by atoms with Crippen LogP contribution in [0.2, 0.25) is 0 Å². The van der Waals surface area contributed by atoms with Crippen LogP contribution in [0.1, 0.15) is 5.56 Å². The minimum absolute atomic E-state index is 0.0627. The molecule has 0 saturated heterocycles. The van der Waals surface area contributed by atoms with Gasteiger partial charge in [0.15, 0.2) is 0 Å². The van der Waals surface area contributed by atoms with E-state index in [1.807, 2.05) is 0 Å². The maximum atomic E-state index is 12.3. The Kier molecular flexibility index (Phi) is 2.75. The van der Waals surface area contributed by atoms with E-state index in [9.17, 15) is 18.3 Å². The second-order valence-corrected chi connectivity index (χ2v) is 3.45. The summed E-state index contributed by atoms with van der Waals surface area (Å²) in [4.78, 5) is 3.91. The molecule has 2 nitrogen and oxygen atoms in total. The van der Waals surface area contributed by atoms with E-state index in [1.165, 1.54) is 24.4 Å². The summed E-state index contributed by atoms with van der Waals surface area (Å²) in [6, 6.07) is 7.46. The molecule has 0 bridgehead atoms. The van der Waals surface area contributed by atoms with E-state index in [0.29, 0.717) is 5.56 Å². The number of alkyl halides is 3. The van der Waals surface area contributed by atoms with Crippen LogP contribution in [0.25, 0.3) is 11.3 Å². The number of nitrogens with zero attached hydrogens (tertiary/aromatic N) is 1. The molecule has 17 heavy (non-hydrogen) atoms. The average Bonchev–Trinajstić information content (AvgIpc) is 2.29. The Bertz CT molecular complexity index is 520. The van der Waals surface area contributed by atoms with Gasteiger partial charge in [-0.2, -0.15) is 13.2 Å². The largest absolute Gasteiger partial charge is 0.506 e. The highest BCUT2D eigenvalue weighted by atomic mass is 19.4. The molecule has 0 spiro atoms. The third kappa shape index (κ3) is 2.38. The Balaban J connectivity index is 2.40. The molecule has 0 fully saturated rings. The lowest BCUT2D eigenvalue weighted by Crippen LogP contribution is -2.04. The van der Waals surface area contributed by atoms with Gasteiger partial charge in [-0.05, 0) is 24.3 Å². The molecule has 5 heteroatoms. The number of hydrogen-bond acceptors (Lipinski definition) is 2. The first-order chi connectivity index (χ1) is 7.98. The zero-order valence-corrected chi connectivity index (χ0v) is 8.57. The van der Waals surface area contributed by atoms with Crippen LogP contribution in [0, 0.1) is 0 Å². The molecule has 1 heterocycles. The van der Waals surface area contributed by atoms with Gasteiger partial charge in [-0.1, -0.05) is 12.1 Å². The van der Waals surface area contributed by atoms with Crippen LogP contribution in [-0.2, 0) is 6.18 Å². The fourth-order valence-electron chi connectivity index (χ4n) is 1.44. The predicted molar refractivity (Wildman–Crippen MR) is 56.3 cm³/mol. The van der Waals surface area contributed by atoms with Gasteiger partial charge in [0.25, 0.3) is 0 Å². The van der Waals surface area contributed by atoms with Crippen LogP contribution in [0.3, 0.4) is 0 Å². The summed E-state index contributed by atoms with van der Waals surface area (Å²) in [6.07, 6.45) is -2.89. The average molecular weight is 239 g/mol. The van der Waals surface area contributed by atoms with E-state index < -0.39 is 11.7 Å². The molecule has 0 amide bonds. The second kappa shape index (κ2) is 4.08. The zero-order chi connectivity index (χ0) is 12.5. The van der Waals surface area contributed by atoms with Gasteiger partial charge >= 0.3 is 6.18 Å². The van der Waals surface area contributed by atoms with Gasteiger partial charge in [-0.15, -0.1) is 0 Å². The highest BCUT2D eigenvalue weighted by Crippen LogP contribution is 2.32. The fraction of sp³-hybridized carbons (Fsp3) is 0.0833. The molecule has 0 radical (unpaired) electrons. The summed E-state index contributed by atoms with van der Waals surface area (Å²) < 4.78 is 37.0. The Morgan fingerprint density at radius 2 is 1.65 bits per heavy atom. The monoisotopic (exact) mass is 239 g/mol. The molecule has 2 rings (SSSR count). The molecule has 1 aromatic carbocycles. The number of aromatic nitrogens is 1. The number of pyridine rings is 1. The van der Waals surface area contributed by atoms with Crippen molar-refractivity contribution in [1.29, 1.82) is 0 Å². The third-order valence-electron chi connectivity index (χ3n) is 2.27. The molecule has 0 aliphatic rings. The molecular formula is C12H8F3NO. The van der Waals surface area contributed by atoms with Crippen molar-refractivity contribution in [1.82, 2.24) is 4.98 Å². The Morgan fingerprint density at radius 1 is 1.00 bits per heavy atom. The zero-order valence-electron chi connectivity index (χ0n) is 8.57. The lowest BCUT2D eigenvalue weighted by atomic mass is 10.1.